The molecule has 0 nitrogen and oxygen atoms in total. The van der Waals surface area contributed by atoms with Gasteiger partial charge >= 0.3 is 0 Å². The van der Waals surface area contributed by atoms with Crippen LogP contribution in [-0.4, -0.2) is 0 Å². The molecule has 0 aromatic heterocycles. The second-order valence-corrected chi connectivity index (χ2v) is 3.06. The molecule has 0 fully saturated rings. The van der Waals surface area contributed by atoms with Crippen LogP contribution in [0.2, 0.25) is 0 Å². The summed E-state index contributed by atoms with van der Waals surface area (Å²) in [6, 6.07) is 0. The average Bonchev–Trinajstić information content (AvgIpc) is 1.91. The second-order valence-electron chi connectivity index (χ2n) is 3.06. The first-order chi connectivity index (χ1) is 4.76. The normalized spacial score (nSPS) is 14.1. The van der Waals surface area contributed by atoms with Crippen molar-refractivity contribution in [2.24, 2.45) is 5.92 Å². The Morgan fingerprint density at radius 3 is 1.90 bits per heavy atom. The standard InChI is InChI=1S/C10H21/c1-5-8-9(4)10(6-2)7-3/h9H,5-8H2,1-4H3. The van der Waals surface area contributed by atoms with E-state index in [-0.39, 0.29) is 0 Å². The summed E-state index contributed by atoms with van der Waals surface area (Å²) in [7, 11) is 0. The Kier molecular flexibility index (Phi) is 5.76. The number of hydrogen-bond acceptors (Lipinski definition) is 0. The summed E-state index contributed by atoms with van der Waals surface area (Å²) in [6.07, 6.45) is 5.25. The summed E-state index contributed by atoms with van der Waals surface area (Å²) in [6.45, 7) is 9.15. The van der Waals surface area contributed by atoms with Gasteiger partial charge < -0.3 is 0 Å². The van der Waals surface area contributed by atoms with Crippen LogP contribution in [0.15, 0.2) is 0 Å². The van der Waals surface area contributed by atoms with E-state index in [4.69, 9.17) is 0 Å². The van der Waals surface area contributed by atoms with Crippen LogP contribution >= 0.6 is 0 Å². The van der Waals surface area contributed by atoms with Gasteiger partial charge in [0.2, 0.25) is 0 Å². The Labute approximate surface area is 66.0 Å². The molecule has 0 saturated heterocycles. The van der Waals surface area contributed by atoms with E-state index in [1.807, 2.05) is 0 Å². The van der Waals surface area contributed by atoms with Gasteiger partial charge in [-0.15, -0.1) is 0 Å². The van der Waals surface area contributed by atoms with Gasteiger partial charge in [-0.3, -0.25) is 0 Å². The fraction of sp³-hybridized carbons (Fsp3) is 0.900. The van der Waals surface area contributed by atoms with Gasteiger partial charge in [0, 0.05) is 0 Å². The maximum absolute atomic E-state index is 2.35. The van der Waals surface area contributed by atoms with E-state index in [9.17, 15) is 0 Å². The highest BCUT2D eigenvalue weighted by molar-refractivity contribution is 4.91. The summed E-state index contributed by atoms with van der Waals surface area (Å²) >= 11 is 0. The second kappa shape index (κ2) is 5.76. The summed E-state index contributed by atoms with van der Waals surface area (Å²) in [5, 5.41) is 0. The lowest BCUT2D eigenvalue weighted by Crippen LogP contribution is -2.06. The summed E-state index contributed by atoms with van der Waals surface area (Å²) < 4.78 is 0. The van der Waals surface area contributed by atoms with E-state index in [0.717, 1.165) is 5.92 Å². The van der Waals surface area contributed by atoms with Gasteiger partial charge in [-0.2, -0.15) is 0 Å². The van der Waals surface area contributed by atoms with E-state index in [1.54, 1.807) is 5.92 Å². The van der Waals surface area contributed by atoms with E-state index >= 15 is 0 Å². The molecule has 61 valence electrons. The molecule has 0 heterocycles. The zero-order chi connectivity index (χ0) is 7.98. The molecule has 0 bridgehead atoms. The van der Waals surface area contributed by atoms with Crippen LogP contribution in [0.25, 0.3) is 0 Å². The largest absolute Gasteiger partial charge is 0.0654 e. The number of rotatable bonds is 5. The van der Waals surface area contributed by atoms with Gasteiger partial charge in [-0.1, -0.05) is 40.5 Å². The van der Waals surface area contributed by atoms with Crippen LogP contribution in [0.5, 0.6) is 0 Å². The first-order valence-corrected chi connectivity index (χ1v) is 4.60. The lowest BCUT2D eigenvalue weighted by Gasteiger charge is -2.19. The molecule has 0 rings (SSSR count). The molecule has 1 radical (unpaired) electrons. The molecule has 10 heavy (non-hydrogen) atoms. The molecular formula is C10H21. The average molecular weight is 141 g/mol. The van der Waals surface area contributed by atoms with Gasteiger partial charge in [0.15, 0.2) is 0 Å². The summed E-state index contributed by atoms with van der Waals surface area (Å²) in [4.78, 5) is 0. The Bertz CT molecular complexity index is 62.4. The molecule has 0 N–H and O–H groups in total. The van der Waals surface area contributed by atoms with Crippen molar-refractivity contribution in [2.45, 2.75) is 53.4 Å². The first-order valence-electron chi connectivity index (χ1n) is 4.60. The summed E-state index contributed by atoms with van der Waals surface area (Å²) in [5.41, 5.74) is 0. The zero-order valence-electron chi connectivity index (χ0n) is 7.91. The highest BCUT2D eigenvalue weighted by atomic mass is 14.2. The smallest absolute Gasteiger partial charge is 0.0218 e. The van der Waals surface area contributed by atoms with Gasteiger partial charge in [-0.25, -0.2) is 0 Å². The monoisotopic (exact) mass is 141 g/mol. The third-order valence-electron chi connectivity index (χ3n) is 2.33. The van der Waals surface area contributed by atoms with E-state index in [2.05, 4.69) is 27.7 Å². The molecule has 0 aliphatic heterocycles. The van der Waals surface area contributed by atoms with E-state index in [0.29, 0.717) is 0 Å². The van der Waals surface area contributed by atoms with Crippen LogP contribution in [0.1, 0.15) is 53.4 Å². The minimum absolute atomic E-state index is 0.861. The van der Waals surface area contributed by atoms with Crippen molar-refractivity contribution in [3.8, 4) is 0 Å². The predicted molar refractivity (Wildman–Crippen MR) is 47.9 cm³/mol. The Morgan fingerprint density at radius 1 is 1.10 bits per heavy atom. The predicted octanol–water partition coefficient (Wildman–Crippen LogP) is 3.82. The molecule has 0 amide bonds. The van der Waals surface area contributed by atoms with Crippen LogP contribution in [0, 0.1) is 11.8 Å². The molecule has 0 saturated carbocycles. The zero-order valence-corrected chi connectivity index (χ0v) is 7.91. The number of hydrogen-bond donors (Lipinski definition) is 0. The van der Waals surface area contributed by atoms with Crippen molar-refractivity contribution in [1.82, 2.24) is 0 Å². The minimum atomic E-state index is 0.861. The maximum atomic E-state index is 2.35. The quantitative estimate of drug-likeness (QED) is 0.546. The third kappa shape index (κ3) is 3.24. The molecule has 0 aliphatic carbocycles. The molecule has 1 atom stereocenters. The topological polar surface area (TPSA) is 0 Å². The molecule has 1 unspecified atom stereocenters. The maximum Gasteiger partial charge on any atom is -0.0218 e. The molecule has 0 aromatic rings. The van der Waals surface area contributed by atoms with Crippen molar-refractivity contribution in [2.75, 3.05) is 0 Å². The van der Waals surface area contributed by atoms with Gasteiger partial charge in [0.05, 0.1) is 0 Å². The van der Waals surface area contributed by atoms with E-state index in [1.165, 1.54) is 25.7 Å². The van der Waals surface area contributed by atoms with Crippen molar-refractivity contribution in [3.05, 3.63) is 5.92 Å². The SMILES string of the molecule is CCCC(C)[C](CC)CC. The third-order valence-corrected chi connectivity index (χ3v) is 2.33. The Hall–Kier alpha value is 0. The van der Waals surface area contributed by atoms with Crippen molar-refractivity contribution >= 4 is 0 Å². The van der Waals surface area contributed by atoms with Crippen molar-refractivity contribution in [3.63, 3.8) is 0 Å². The molecule has 0 spiro atoms. The van der Waals surface area contributed by atoms with Crippen LogP contribution in [0.3, 0.4) is 0 Å². The first kappa shape index (κ1) is 10.0. The fourth-order valence-corrected chi connectivity index (χ4v) is 1.58. The Balaban J connectivity index is 3.53. The van der Waals surface area contributed by atoms with Crippen LogP contribution in [-0.2, 0) is 0 Å². The molecule has 0 aliphatic rings. The Morgan fingerprint density at radius 2 is 1.60 bits per heavy atom. The fourth-order valence-electron chi connectivity index (χ4n) is 1.58. The van der Waals surface area contributed by atoms with Crippen LogP contribution < -0.4 is 0 Å². The molecule has 0 aromatic carbocycles. The van der Waals surface area contributed by atoms with Gasteiger partial charge in [-0.05, 0) is 24.7 Å². The summed E-state index contributed by atoms with van der Waals surface area (Å²) in [5.74, 6) is 2.60. The van der Waals surface area contributed by atoms with Crippen molar-refractivity contribution < 1.29 is 0 Å². The highest BCUT2D eigenvalue weighted by Gasteiger charge is 2.11. The minimum Gasteiger partial charge on any atom is -0.0654 e. The van der Waals surface area contributed by atoms with Gasteiger partial charge in [0.1, 0.15) is 0 Å². The van der Waals surface area contributed by atoms with Crippen LogP contribution in [0.4, 0.5) is 0 Å². The van der Waals surface area contributed by atoms with Gasteiger partial charge in [0.25, 0.3) is 0 Å². The lowest BCUT2D eigenvalue weighted by molar-refractivity contribution is 0.494. The lowest BCUT2D eigenvalue weighted by atomic mass is 9.86. The van der Waals surface area contributed by atoms with Crippen molar-refractivity contribution in [1.29, 1.82) is 0 Å². The van der Waals surface area contributed by atoms with E-state index < -0.39 is 0 Å². The molecule has 0 heteroatoms. The highest BCUT2D eigenvalue weighted by Crippen LogP contribution is 2.24. The molecular weight excluding hydrogens is 120 g/mol.